The molecule has 4 unspecified atom stereocenters. The third-order valence-corrected chi connectivity index (χ3v) is 12.0. The Bertz CT molecular complexity index is 1870. The van der Waals surface area contributed by atoms with Crippen molar-refractivity contribution in [1.29, 1.82) is 0 Å². The fourth-order valence-corrected chi connectivity index (χ4v) is 9.78. The van der Waals surface area contributed by atoms with Gasteiger partial charge in [0.1, 0.15) is 17.4 Å². The summed E-state index contributed by atoms with van der Waals surface area (Å²) in [5.41, 5.74) is -2.53. The number of fused-ring (bicyclic) bond motifs is 4. The monoisotopic (exact) mass is 723 g/mol. The number of rotatable bonds is 7. The van der Waals surface area contributed by atoms with Crippen LogP contribution >= 0.6 is 0 Å². The zero-order chi connectivity index (χ0) is 36.4. The van der Waals surface area contributed by atoms with Crippen molar-refractivity contribution in [2.75, 3.05) is 29.4 Å². The molecule has 3 aliphatic carbocycles. The number of nitrogens with zero attached hydrogens (tertiary/aromatic N) is 6. The molecule has 11 nitrogen and oxygen atoms in total. The molecule has 2 aromatic heterocycles. The number of aliphatic carboxylic acids is 1. The standard InChI is InChI=1S/C37H41F4N7O4/c1-21-11-22-13-23(12-21)36(15-22,32(50)51)46-31(49)27-18-44-34(45-30(27)37(39,40)41)48-20-35(8-3-2-4-9-35)28-14-25(5-6-29(28)48)52-26-7-10-47(19-26)33-42-16-24(38)17-43-33/h5-6,14,16-18,21-23,26H,2-4,7-13,15,19-20H2,1H3,(H,46,49)(H,50,51)/t21?,22?,23?,26-,36?/m0/s1. The Balaban J connectivity index is 1.07. The van der Waals surface area contributed by atoms with Crippen LogP contribution in [0, 0.1) is 23.6 Å². The second-order valence-corrected chi connectivity index (χ2v) is 15.5. The molecule has 0 radical (unpaired) electrons. The van der Waals surface area contributed by atoms with E-state index in [9.17, 15) is 32.3 Å². The van der Waals surface area contributed by atoms with Gasteiger partial charge >= 0.3 is 12.1 Å². The lowest BCUT2D eigenvalue weighted by Gasteiger charge is -2.34. The molecule has 2 N–H and O–H groups in total. The summed E-state index contributed by atoms with van der Waals surface area (Å²) >= 11 is 0. The number of alkyl halides is 3. The Morgan fingerprint density at radius 3 is 2.50 bits per heavy atom. The summed E-state index contributed by atoms with van der Waals surface area (Å²) in [6.45, 7) is 3.56. The number of halogens is 4. The highest BCUT2D eigenvalue weighted by molar-refractivity contribution is 5.99. The van der Waals surface area contributed by atoms with Gasteiger partial charge in [-0.2, -0.15) is 13.2 Å². The molecule has 1 spiro atoms. The summed E-state index contributed by atoms with van der Waals surface area (Å²) in [6, 6.07) is 5.60. The van der Waals surface area contributed by atoms with Gasteiger partial charge in [0.05, 0.1) is 24.5 Å². The highest BCUT2D eigenvalue weighted by Gasteiger charge is 2.57. The van der Waals surface area contributed by atoms with Crippen molar-refractivity contribution < 1.29 is 37.0 Å². The molecule has 3 saturated carbocycles. The van der Waals surface area contributed by atoms with Gasteiger partial charge in [0.15, 0.2) is 11.5 Å². The quantitative estimate of drug-likeness (QED) is 0.262. The largest absolute Gasteiger partial charge is 0.489 e. The number of nitrogens with one attached hydrogen (secondary N) is 1. The number of carboxylic acids is 1. The molecule has 1 amide bonds. The summed E-state index contributed by atoms with van der Waals surface area (Å²) in [6.07, 6.45) is 5.56. The van der Waals surface area contributed by atoms with E-state index in [4.69, 9.17) is 4.74 Å². The Labute approximate surface area is 298 Å². The highest BCUT2D eigenvalue weighted by Crippen LogP contribution is 2.53. The van der Waals surface area contributed by atoms with Crippen LogP contribution in [0.5, 0.6) is 5.75 Å². The van der Waals surface area contributed by atoms with E-state index in [2.05, 4.69) is 25.3 Å². The lowest BCUT2D eigenvalue weighted by Crippen LogP contribution is -2.57. The Hall–Kier alpha value is -4.56. The van der Waals surface area contributed by atoms with Crippen molar-refractivity contribution in [3.05, 3.63) is 59.4 Å². The number of hydrogen-bond donors (Lipinski definition) is 2. The van der Waals surface area contributed by atoms with Crippen LogP contribution in [0.25, 0.3) is 0 Å². The molecule has 5 atom stereocenters. The molecule has 1 aromatic carbocycles. The van der Waals surface area contributed by atoms with E-state index in [1.54, 1.807) is 11.0 Å². The maximum Gasteiger partial charge on any atom is 0.434 e. The zero-order valence-corrected chi connectivity index (χ0v) is 28.8. The SMILES string of the molecule is CC1CC2CC(C1)C(NC(=O)c1cnc(N3CC4(CCCCC4)c4cc(O[C@H]5CCN(c6ncc(F)cn6)C5)ccc43)nc1C(F)(F)F)(C(=O)O)C2. The van der Waals surface area contributed by atoms with Crippen LogP contribution in [0.2, 0.25) is 0 Å². The van der Waals surface area contributed by atoms with E-state index >= 15 is 0 Å². The molecule has 5 aliphatic rings. The average Bonchev–Trinajstić information content (AvgIpc) is 3.77. The Morgan fingerprint density at radius 2 is 1.77 bits per heavy atom. The molecule has 276 valence electrons. The third kappa shape index (κ3) is 6.09. The van der Waals surface area contributed by atoms with Crippen molar-refractivity contribution in [1.82, 2.24) is 25.3 Å². The smallest absolute Gasteiger partial charge is 0.434 e. The van der Waals surface area contributed by atoms with Gasteiger partial charge in [-0.1, -0.05) is 26.2 Å². The number of carbonyl (C=O) groups is 2. The summed E-state index contributed by atoms with van der Waals surface area (Å²) in [4.78, 5) is 46.3. The van der Waals surface area contributed by atoms with Gasteiger partial charge < -0.3 is 25.0 Å². The van der Waals surface area contributed by atoms with Gasteiger partial charge in [0.2, 0.25) is 11.9 Å². The molecule has 3 aromatic rings. The van der Waals surface area contributed by atoms with Gasteiger partial charge in [0, 0.05) is 36.8 Å². The summed E-state index contributed by atoms with van der Waals surface area (Å²) in [7, 11) is 0. The van der Waals surface area contributed by atoms with Gasteiger partial charge in [-0.15, -0.1) is 0 Å². The lowest BCUT2D eigenvalue weighted by molar-refractivity contribution is -0.146. The van der Waals surface area contributed by atoms with E-state index in [1.165, 1.54) is 0 Å². The molecule has 52 heavy (non-hydrogen) atoms. The van der Waals surface area contributed by atoms with E-state index in [-0.39, 0.29) is 41.6 Å². The zero-order valence-electron chi connectivity index (χ0n) is 28.8. The molecule has 2 aliphatic heterocycles. The molecular weight excluding hydrogens is 682 g/mol. The fourth-order valence-electron chi connectivity index (χ4n) is 9.78. The minimum absolute atomic E-state index is 0.0861. The van der Waals surface area contributed by atoms with Crippen LogP contribution in [-0.4, -0.2) is 68.2 Å². The molecule has 8 rings (SSSR count). The van der Waals surface area contributed by atoms with Crippen LogP contribution in [0.3, 0.4) is 0 Å². The normalized spacial score (nSPS) is 27.9. The van der Waals surface area contributed by atoms with E-state index in [0.717, 1.165) is 62.7 Å². The summed E-state index contributed by atoms with van der Waals surface area (Å²) < 4.78 is 63.9. The van der Waals surface area contributed by atoms with Crippen molar-refractivity contribution in [2.45, 2.75) is 94.4 Å². The maximum atomic E-state index is 14.7. The molecule has 15 heteroatoms. The minimum atomic E-state index is -5.00. The second kappa shape index (κ2) is 12.8. The first kappa shape index (κ1) is 34.5. The van der Waals surface area contributed by atoms with Crippen LogP contribution in [-0.2, 0) is 16.4 Å². The molecule has 4 heterocycles. The van der Waals surface area contributed by atoms with E-state index in [1.807, 2.05) is 24.0 Å². The van der Waals surface area contributed by atoms with E-state index in [0.29, 0.717) is 56.3 Å². The van der Waals surface area contributed by atoms with Gasteiger partial charge in [0.25, 0.3) is 5.91 Å². The first-order chi connectivity index (χ1) is 24.8. The number of carboxylic acid groups (broad SMARTS) is 1. The maximum absolute atomic E-state index is 14.7. The Kier molecular flexibility index (Phi) is 8.52. The molecule has 1 saturated heterocycles. The number of ether oxygens (including phenoxy) is 1. The van der Waals surface area contributed by atoms with E-state index < -0.39 is 40.7 Å². The second-order valence-electron chi connectivity index (χ2n) is 15.5. The van der Waals surface area contributed by atoms with Gasteiger partial charge in [-0.3, -0.25) is 4.79 Å². The number of aromatic nitrogens is 4. The first-order valence-corrected chi connectivity index (χ1v) is 18.1. The van der Waals surface area contributed by atoms with Crippen molar-refractivity contribution >= 4 is 29.5 Å². The van der Waals surface area contributed by atoms with Gasteiger partial charge in [-0.05, 0) is 80.0 Å². The van der Waals surface area contributed by atoms with Crippen molar-refractivity contribution in [3.8, 4) is 5.75 Å². The predicted molar refractivity (Wildman–Crippen MR) is 181 cm³/mol. The predicted octanol–water partition coefficient (Wildman–Crippen LogP) is 6.45. The lowest BCUT2D eigenvalue weighted by atomic mass is 9.71. The van der Waals surface area contributed by atoms with Crippen molar-refractivity contribution in [2.24, 2.45) is 17.8 Å². The molecule has 4 fully saturated rings. The summed E-state index contributed by atoms with van der Waals surface area (Å²) in [5.74, 6) is -1.99. The fraction of sp³-hybridized carbons (Fsp3) is 0.568. The van der Waals surface area contributed by atoms with Gasteiger partial charge in [-0.25, -0.2) is 29.1 Å². The summed E-state index contributed by atoms with van der Waals surface area (Å²) in [5, 5.41) is 12.8. The number of benzene rings is 1. The van der Waals surface area contributed by atoms with Crippen LogP contribution < -0.4 is 19.9 Å². The van der Waals surface area contributed by atoms with Crippen LogP contribution in [0.1, 0.15) is 92.7 Å². The average molecular weight is 724 g/mol. The number of anilines is 3. The van der Waals surface area contributed by atoms with Crippen molar-refractivity contribution in [3.63, 3.8) is 0 Å². The minimum Gasteiger partial charge on any atom is -0.489 e. The molecule has 2 bridgehead atoms. The third-order valence-electron chi connectivity index (χ3n) is 12.0. The number of amides is 1. The van der Waals surface area contributed by atoms with Crippen LogP contribution in [0.4, 0.5) is 35.1 Å². The topological polar surface area (TPSA) is 134 Å². The van der Waals surface area contributed by atoms with Crippen LogP contribution in [0.15, 0.2) is 36.8 Å². The molecular formula is C37H41F4N7O4. The first-order valence-electron chi connectivity index (χ1n) is 18.1. The number of hydrogen-bond acceptors (Lipinski definition) is 9. The Morgan fingerprint density at radius 1 is 1.02 bits per heavy atom. The highest BCUT2D eigenvalue weighted by atomic mass is 19.4. The number of carbonyl (C=O) groups excluding carboxylic acids is 1.